The Balaban J connectivity index is 2.44. The number of carbonyl (C=O) groups is 2. The van der Waals surface area contributed by atoms with E-state index in [1.165, 1.54) is 11.9 Å². The summed E-state index contributed by atoms with van der Waals surface area (Å²) in [5.74, 6) is -0.101. The Hall–Kier alpha value is -3.07. The predicted molar refractivity (Wildman–Crippen MR) is 130 cm³/mol. The molecule has 1 N–H and O–H groups in total. The number of nitrogens with one attached hydrogen (secondary N) is 1. The minimum absolute atomic E-state index is 0.152. The van der Waals surface area contributed by atoms with Crippen molar-refractivity contribution in [2.45, 2.75) is 39.8 Å². The quantitative estimate of drug-likeness (QED) is 0.570. The number of anilines is 1. The highest BCUT2D eigenvalue weighted by Crippen LogP contribution is 2.23. The summed E-state index contributed by atoms with van der Waals surface area (Å²) in [6.45, 7) is 5.29. The lowest BCUT2D eigenvalue weighted by molar-refractivity contribution is -0.140. The molecule has 0 saturated carbocycles. The molecular formula is C24H33N3O5S. The fraction of sp³-hybridized carbons (Fsp3) is 0.417. The number of ether oxygens (including phenoxy) is 1. The van der Waals surface area contributed by atoms with Crippen molar-refractivity contribution in [2.24, 2.45) is 0 Å². The summed E-state index contributed by atoms with van der Waals surface area (Å²) in [5, 5.41) is 2.60. The molecule has 1 atom stereocenters. The zero-order chi connectivity index (χ0) is 24.8. The van der Waals surface area contributed by atoms with E-state index in [-0.39, 0.29) is 12.5 Å². The molecule has 1 unspecified atom stereocenters. The molecule has 0 bridgehead atoms. The molecule has 2 rings (SSSR count). The molecule has 2 aromatic carbocycles. The van der Waals surface area contributed by atoms with Gasteiger partial charge in [0.15, 0.2) is 0 Å². The molecule has 0 aliphatic rings. The van der Waals surface area contributed by atoms with Crippen LogP contribution in [0.4, 0.5) is 5.69 Å². The highest BCUT2D eigenvalue weighted by Gasteiger charge is 2.31. The van der Waals surface area contributed by atoms with Crippen molar-refractivity contribution in [1.29, 1.82) is 0 Å². The average molecular weight is 476 g/mol. The molecule has 0 aliphatic heterocycles. The van der Waals surface area contributed by atoms with E-state index in [4.69, 9.17) is 4.74 Å². The van der Waals surface area contributed by atoms with Crippen molar-refractivity contribution in [1.82, 2.24) is 10.2 Å². The van der Waals surface area contributed by atoms with Crippen LogP contribution in [-0.2, 0) is 26.2 Å². The van der Waals surface area contributed by atoms with Crippen LogP contribution >= 0.6 is 0 Å². The van der Waals surface area contributed by atoms with E-state index >= 15 is 0 Å². The number of likely N-dealkylation sites (N-methyl/N-ethyl adjacent to an activating group) is 1. The number of benzene rings is 2. The number of hydrogen-bond donors (Lipinski definition) is 1. The molecule has 0 radical (unpaired) electrons. The van der Waals surface area contributed by atoms with Crippen molar-refractivity contribution in [3.8, 4) is 5.75 Å². The van der Waals surface area contributed by atoms with E-state index in [9.17, 15) is 18.0 Å². The van der Waals surface area contributed by atoms with E-state index in [1.807, 2.05) is 39.0 Å². The smallest absolute Gasteiger partial charge is 0.244 e. The van der Waals surface area contributed by atoms with E-state index in [0.29, 0.717) is 17.9 Å². The molecular weight excluding hydrogens is 442 g/mol. The van der Waals surface area contributed by atoms with E-state index < -0.39 is 28.5 Å². The number of carbonyl (C=O) groups excluding carboxylic acids is 2. The van der Waals surface area contributed by atoms with Gasteiger partial charge in [0.05, 0.1) is 19.1 Å². The van der Waals surface area contributed by atoms with Crippen LogP contribution in [0.15, 0.2) is 42.5 Å². The van der Waals surface area contributed by atoms with Crippen molar-refractivity contribution in [3.63, 3.8) is 0 Å². The molecule has 0 spiro atoms. The molecule has 0 fully saturated rings. The van der Waals surface area contributed by atoms with Gasteiger partial charge in [-0.1, -0.05) is 25.1 Å². The molecule has 0 aliphatic carbocycles. The number of hydrogen-bond acceptors (Lipinski definition) is 5. The van der Waals surface area contributed by atoms with Crippen LogP contribution in [0.2, 0.25) is 0 Å². The predicted octanol–water partition coefficient (Wildman–Crippen LogP) is 2.63. The number of methoxy groups -OCH3 is 1. The van der Waals surface area contributed by atoms with Gasteiger partial charge in [0.1, 0.15) is 18.3 Å². The Morgan fingerprint density at radius 3 is 2.09 bits per heavy atom. The minimum atomic E-state index is -3.75. The van der Waals surface area contributed by atoms with Gasteiger partial charge in [-0.15, -0.1) is 0 Å². The van der Waals surface area contributed by atoms with Gasteiger partial charge in [0, 0.05) is 13.6 Å². The molecule has 0 saturated heterocycles. The monoisotopic (exact) mass is 475 g/mol. The van der Waals surface area contributed by atoms with Gasteiger partial charge in [-0.2, -0.15) is 0 Å². The Morgan fingerprint density at radius 2 is 1.64 bits per heavy atom. The third kappa shape index (κ3) is 6.95. The SMILES string of the molecule is CCC(C(=O)NC)N(Cc1ccc(OC)cc1)C(=O)CN(c1cc(C)cc(C)c1)S(C)(=O)=O. The van der Waals surface area contributed by atoms with Crippen molar-refractivity contribution < 1.29 is 22.7 Å². The van der Waals surface area contributed by atoms with Crippen LogP contribution < -0.4 is 14.4 Å². The second-order valence-corrected chi connectivity index (χ2v) is 9.93. The van der Waals surface area contributed by atoms with Gasteiger partial charge in [-0.05, 0) is 61.2 Å². The Morgan fingerprint density at radius 1 is 1.06 bits per heavy atom. The lowest BCUT2D eigenvalue weighted by Gasteiger charge is -2.32. The van der Waals surface area contributed by atoms with Crippen molar-refractivity contribution in [3.05, 3.63) is 59.2 Å². The minimum Gasteiger partial charge on any atom is -0.497 e. The van der Waals surface area contributed by atoms with Crippen LogP contribution in [-0.4, -0.2) is 58.1 Å². The van der Waals surface area contributed by atoms with E-state index in [2.05, 4.69) is 5.32 Å². The second-order valence-electron chi connectivity index (χ2n) is 8.02. The Labute approximate surface area is 196 Å². The summed E-state index contributed by atoms with van der Waals surface area (Å²) in [6, 6.07) is 11.8. The first kappa shape index (κ1) is 26.2. The Bertz CT molecular complexity index is 1060. The molecule has 180 valence electrons. The van der Waals surface area contributed by atoms with Gasteiger partial charge < -0.3 is 15.0 Å². The number of amides is 2. The standard InChI is InChI=1S/C24H33N3O5S/c1-7-22(24(29)25-4)26(15-19-8-10-21(32-5)11-9-19)23(28)16-27(33(6,30)31)20-13-17(2)12-18(3)14-20/h8-14,22H,7,15-16H2,1-6H3,(H,25,29). The first-order chi connectivity index (χ1) is 15.5. The molecule has 8 nitrogen and oxygen atoms in total. The number of sulfonamides is 1. The van der Waals surface area contributed by atoms with E-state index in [0.717, 1.165) is 27.3 Å². The molecule has 2 amide bonds. The average Bonchev–Trinajstić information content (AvgIpc) is 2.75. The summed E-state index contributed by atoms with van der Waals surface area (Å²) < 4.78 is 31.5. The highest BCUT2D eigenvalue weighted by atomic mass is 32.2. The molecule has 2 aromatic rings. The second kappa shape index (κ2) is 11.2. The molecule has 0 aromatic heterocycles. The maximum absolute atomic E-state index is 13.5. The van der Waals surface area contributed by atoms with Gasteiger partial charge in [-0.3, -0.25) is 13.9 Å². The summed E-state index contributed by atoms with van der Waals surface area (Å²) in [5.41, 5.74) is 2.99. The maximum atomic E-state index is 13.5. The first-order valence-corrected chi connectivity index (χ1v) is 12.5. The molecule has 33 heavy (non-hydrogen) atoms. The summed E-state index contributed by atoms with van der Waals surface area (Å²) in [6.07, 6.45) is 1.45. The fourth-order valence-electron chi connectivity index (χ4n) is 3.72. The highest BCUT2D eigenvalue weighted by molar-refractivity contribution is 7.92. The van der Waals surface area contributed by atoms with E-state index in [1.54, 1.807) is 31.4 Å². The lowest BCUT2D eigenvalue weighted by Crippen LogP contribution is -2.51. The summed E-state index contributed by atoms with van der Waals surface area (Å²) in [4.78, 5) is 27.5. The first-order valence-electron chi connectivity index (χ1n) is 10.7. The van der Waals surface area contributed by atoms with Crippen LogP contribution in [0.3, 0.4) is 0 Å². The van der Waals surface area contributed by atoms with Crippen molar-refractivity contribution >= 4 is 27.5 Å². The molecule has 0 heterocycles. The summed E-state index contributed by atoms with van der Waals surface area (Å²) >= 11 is 0. The number of rotatable bonds is 10. The van der Waals surface area contributed by atoms with Crippen LogP contribution in [0.1, 0.15) is 30.0 Å². The normalized spacial score (nSPS) is 12.1. The van der Waals surface area contributed by atoms with Gasteiger partial charge in [0.2, 0.25) is 21.8 Å². The zero-order valence-corrected chi connectivity index (χ0v) is 20.9. The Kier molecular flexibility index (Phi) is 8.87. The maximum Gasteiger partial charge on any atom is 0.244 e. The van der Waals surface area contributed by atoms with Crippen molar-refractivity contribution in [2.75, 3.05) is 31.3 Å². The fourth-order valence-corrected chi connectivity index (χ4v) is 4.56. The zero-order valence-electron chi connectivity index (χ0n) is 20.1. The van der Waals surface area contributed by atoms with Crippen LogP contribution in [0.25, 0.3) is 0 Å². The lowest BCUT2D eigenvalue weighted by atomic mass is 10.1. The third-order valence-corrected chi connectivity index (χ3v) is 6.46. The summed E-state index contributed by atoms with van der Waals surface area (Å²) in [7, 11) is -0.672. The molecule has 9 heteroatoms. The largest absolute Gasteiger partial charge is 0.497 e. The van der Waals surface area contributed by atoms with Gasteiger partial charge >= 0.3 is 0 Å². The number of nitrogens with zero attached hydrogens (tertiary/aromatic N) is 2. The van der Waals surface area contributed by atoms with Crippen LogP contribution in [0, 0.1) is 13.8 Å². The third-order valence-electron chi connectivity index (χ3n) is 5.32. The van der Waals surface area contributed by atoms with Crippen LogP contribution in [0.5, 0.6) is 5.75 Å². The topological polar surface area (TPSA) is 96.0 Å². The van der Waals surface area contributed by atoms with Gasteiger partial charge in [0.25, 0.3) is 0 Å². The van der Waals surface area contributed by atoms with Gasteiger partial charge in [-0.25, -0.2) is 8.42 Å². The number of aryl methyl sites for hydroxylation is 2.